The van der Waals surface area contributed by atoms with Crippen LogP contribution in [0, 0.1) is 5.92 Å². The number of carbonyl (C=O) groups is 1. The van der Waals surface area contributed by atoms with Gasteiger partial charge in [0.15, 0.2) is 0 Å². The zero-order valence-electron chi connectivity index (χ0n) is 21.5. The molecule has 0 bridgehead atoms. The van der Waals surface area contributed by atoms with Gasteiger partial charge in [-0.15, -0.1) is 0 Å². The average Bonchev–Trinajstić information content (AvgIpc) is 3.36. The summed E-state index contributed by atoms with van der Waals surface area (Å²) in [5, 5.41) is 4.99. The average molecular weight is 636 g/mol. The van der Waals surface area contributed by atoms with Crippen molar-refractivity contribution in [3.63, 3.8) is 0 Å². The van der Waals surface area contributed by atoms with Crippen molar-refractivity contribution in [2.45, 2.75) is 42.1 Å². The summed E-state index contributed by atoms with van der Waals surface area (Å²) in [6.07, 6.45) is 0.409. The highest BCUT2D eigenvalue weighted by atomic mass is 79.9. The Labute approximate surface area is 240 Å². The minimum atomic E-state index is -5.04. The highest BCUT2D eigenvalue weighted by molar-refractivity contribution is 9.10. The lowest BCUT2D eigenvalue weighted by atomic mass is 9.98. The molecule has 1 unspecified atom stereocenters. The molecule has 2 aliphatic rings. The van der Waals surface area contributed by atoms with Gasteiger partial charge in [-0.3, -0.25) is 4.90 Å². The molecule has 1 amide bonds. The molecule has 1 saturated heterocycles. The highest BCUT2D eigenvalue weighted by Gasteiger charge is 2.56. The number of carboxylic acid groups (broad SMARTS) is 1. The predicted molar refractivity (Wildman–Crippen MR) is 149 cm³/mol. The van der Waals surface area contributed by atoms with Crippen molar-refractivity contribution in [2.24, 2.45) is 5.92 Å². The van der Waals surface area contributed by atoms with Crippen LogP contribution in [0.25, 0.3) is 0 Å². The van der Waals surface area contributed by atoms with Crippen LogP contribution in [-0.4, -0.2) is 54.4 Å². The van der Waals surface area contributed by atoms with Gasteiger partial charge >= 0.3 is 11.3 Å². The molecule has 11 heteroatoms. The van der Waals surface area contributed by atoms with Crippen LogP contribution in [-0.2, 0) is 22.9 Å². The Hall–Kier alpha value is -3.02. The van der Waals surface area contributed by atoms with E-state index in [-0.39, 0.29) is 24.6 Å². The van der Waals surface area contributed by atoms with Gasteiger partial charge in [0, 0.05) is 26.2 Å². The molecule has 40 heavy (non-hydrogen) atoms. The molecule has 3 aromatic carbocycles. The summed E-state index contributed by atoms with van der Waals surface area (Å²) in [6, 6.07) is 17.0. The maximum atomic E-state index is 16.3. The third-order valence-electron chi connectivity index (χ3n) is 7.59. The molecule has 2 heterocycles. The van der Waals surface area contributed by atoms with Gasteiger partial charge in [-0.05, 0) is 75.6 Å². The highest BCUT2D eigenvalue weighted by Crippen LogP contribution is 2.47. The number of amides is 1. The Morgan fingerprint density at radius 3 is 2.17 bits per heavy atom. The zero-order chi connectivity index (χ0) is 28.5. The molecule has 0 radical (unpaired) electrons. The SMILES string of the molecule is O=C(O)N1CCC(COc2ccc(C(N3Cc4ccccc4C3)C(F)(F)S(=O)(=O)c3ccccc3)cc2Br)CC1. The Bertz CT molecular complexity index is 1460. The topological polar surface area (TPSA) is 87.2 Å². The van der Waals surface area contributed by atoms with Gasteiger partial charge in [-0.2, -0.15) is 8.78 Å². The summed E-state index contributed by atoms with van der Waals surface area (Å²) in [7, 11) is -5.04. The second kappa shape index (κ2) is 11.5. The van der Waals surface area contributed by atoms with E-state index in [0.717, 1.165) is 11.1 Å². The van der Waals surface area contributed by atoms with Crippen LogP contribution in [0.15, 0.2) is 82.2 Å². The Kier molecular flexibility index (Phi) is 8.17. The molecule has 212 valence electrons. The van der Waals surface area contributed by atoms with E-state index in [1.54, 1.807) is 12.1 Å². The molecule has 0 aromatic heterocycles. The number of likely N-dealkylation sites (tertiary alicyclic amines) is 1. The van der Waals surface area contributed by atoms with Gasteiger partial charge in [-0.25, -0.2) is 13.2 Å². The number of benzene rings is 3. The number of hydrogen-bond donors (Lipinski definition) is 1. The molecule has 0 saturated carbocycles. The summed E-state index contributed by atoms with van der Waals surface area (Å²) in [5.74, 6) is 0.612. The Morgan fingerprint density at radius 2 is 1.60 bits per heavy atom. The van der Waals surface area contributed by atoms with Crippen molar-refractivity contribution in [1.29, 1.82) is 0 Å². The minimum Gasteiger partial charge on any atom is -0.492 e. The maximum absolute atomic E-state index is 16.3. The molecule has 0 spiro atoms. The van der Waals surface area contributed by atoms with Crippen LogP contribution >= 0.6 is 15.9 Å². The van der Waals surface area contributed by atoms with Crippen molar-refractivity contribution in [1.82, 2.24) is 9.80 Å². The first-order valence-electron chi connectivity index (χ1n) is 13.0. The number of hydrogen-bond acceptors (Lipinski definition) is 5. The molecular formula is C29H29BrF2N2O5S. The first kappa shape index (κ1) is 28.5. The molecule has 3 aromatic rings. The molecular weight excluding hydrogens is 606 g/mol. The van der Waals surface area contributed by atoms with Crippen molar-refractivity contribution in [3.8, 4) is 5.75 Å². The van der Waals surface area contributed by atoms with Gasteiger partial charge in [0.1, 0.15) is 11.8 Å². The fourth-order valence-electron chi connectivity index (χ4n) is 5.37. The van der Waals surface area contributed by atoms with Crippen LogP contribution in [0.5, 0.6) is 5.75 Å². The Morgan fingerprint density at radius 1 is 1.00 bits per heavy atom. The number of halogens is 3. The van der Waals surface area contributed by atoms with Crippen LogP contribution in [0.3, 0.4) is 0 Å². The molecule has 7 nitrogen and oxygen atoms in total. The van der Waals surface area contributed by atoms with Crippen LogP contribution in [0.2, 0.25) is 0 Å². The summed E-state index contributed by atoms with van der Waals surface area (Å²) < 4.78 is 65.7. The third kappa shape index (κ3) is 5.59. The summed E-state index contributed by atoms with van der Waals surface area (Å²) in [4.78, 5) is 13.6. The summed E-state index contributed by atoms with van der Waals surface area (Å²) in [5.41, 5.74) is 1.91. The first-order chi connectivity index (χ1) is 19.1. The van der Waals surface area contributed by atoms with Crippen LogP contribution in [0.1, 0.15) is 35.6 Å². The maximum Gasteiger partial charge on any atom is 0.407 e. The van der Waals surface area contributed by atoms with Crippen LogP contribution in [0.4, 0.5) is 13.6 Å². The van der Waals surface area contributed by atoms with Gasteiger partial charge < -0.3 is 14.7 Å². The van der Waals surface area contributed by atoms with E-state index in [9.17, 15) is 13.2 Å². The van der Waals surface area contributed by atoms with E-state index in [4.69, 9.17) is 9.84 Å². The van der Waals surface area contributed by atoms with Crippen LogP contribution < -0.4 is 4.74 Å². The number of sulfone groups is 1. The summed E-state index contributed by atoms with van der Waals surface area (Å²) >= 11 is 3.44. The van der Waals surface area contributed by atoms with E-state index < -0.39 is 32.1 Å². The fourth-order valence-corrected chi connectivity index (χ4v) is 7.29. The lowest BCUT2D eigenvalue weighted by Gasteiger charge is -2.34. The van der Waals surface area contributed by atoms with E-state index in [1.165, 1.54) is 46.2 Å². The standard InChI is InChI=1S/C29H29BrF2N2O5S/c30-25-16-21(10-11-26(25)39-19-20-12-14-33(15-13-20)28(35)36)27(34-17-22-6-4-5-7-23(22)18-34)29(31,32)40(37,38)24-8-2-1-3-9-24/h1-11,16,20,27H,12-15,17-19H2,(H,35,36). The van der Waals surface area contributed by atoms with Crippen molar-refractivity contribution < 1.29 is 31.8 Å². The van der Waals surface area contributed by atoms with Crippen molar-refractivity contribution >= 4 is 31.9 Å². The number of nitrogens with zero attached hydrogens (tertiary/aromatic N) is 2. The second-order valence-electron chi connectivity index (χ2n) is 10.2. The molecule has 2 aliphatic heterocycles. The quantitative estimate of drug-likeness (QED) is 0.311. The van der Waals surface area contributed by atoms with E-state index in [1.807, 2.05) is 24.3 Å². The number of ether oxygens (including phenoxy) is 1. The molecule has 1 N–H and O–H groups in total. The summed E-state index contributed by atoms with van der Waals surface area (Å²) in [6.45, 7) is 1.61. The molecule has 5 rings (SSSR count). The van der Waals surface area contributed by atoms with Gasteiger partial charge in [0.2, 0.25) is 9.84 Å². The van der Waals surface area contributed by atoms with Crippen molar-refractivity contribution in [3.05, 3.63) is 94.0 Å². The number of alkyl halides is 2. The van der Waals surface area contributed by atoms with Gasteiger partial charge in [0.05, 0.1) is 16.0 Å². The number of fused-ring (bicyclic) bond motifs is 1. The van der Waals surface area contributed by atoms with E-state index in [0.29, 0.717) is 42.8 Å². The van der Waals surface area contributed by atoms with E-state index >= 15 is 8.78 Å². The van der Waals surface area contributed by atoms with Crippen molar-refractivity contribution in [2.75, 3.05) is 19.7 Å². The Balaban J connectivity index is 1.42. The molecule has 0 aliphatic carbocycles. The third-order valence-corrected chi connectivity index (χ3v) is 10.0. The second-order valence-corrected chi connectivity index (χ2v) is 13.0. The number of rotatable bonds is 8. The normalized spacial score (nSPS) is 17.4. The predicted octanol–water partition coefficient (Wildman–Crippen LogP) is 6.34. The smallest absolute Gasteiger partial charge is 0.407 e. The monoisotopic (exact) mass is 634 g/mol. The fraction of sp³-hybridized carbons (Fsp3) is 0.345. The minimum absolute atomic E-state index is 0.145. The number of piperidine rings is 1. The molecule has 1 fully saturated rings. The molecule has 1 atom stereocenters. The lowest BCUT2D eigenvalue weighted by molar-refractivity contribution is -0.0174. The zero-order valence-corrected chi connectivity index (χ0v) is 24.0. The van der Waals surface area contributed by atoms with Gasteiger partial charge in [-0.1, -0.05) is 48.5 Å². The largest absolute Gasteiger partial charge is 0.492 e. The first-order valence-corrected chi connectivity index (χ1v) is 15.2. The van der Waals surface area contributed by atoms with E-state index in [2.05, 4.69) is 15.9 Å². The lowest BCUT2D eigenvalue weighted by Crippen LogP contribution is -2.43. The van der Waals surface area contributed by atoms with Gasteiger partial charge in [0.25, 0.3) is 0 Å².